The summed E-state index contributed by atoms with van der Waals surface area (Å²) in [5.74, 6) is -0.0789. The maximum absolute atomic E-state index is 10.9. The lowest BCUT2D eigenvalue weighted by Crippen LogP contribution is -2.00. The minimum Gasteiger partial charge on any atom is -0.493 e. The predicted molar refractivity (Wildman–Crippen MR) is 54.2 cm³/mol. The van der Waals surface area contributed by atoms with Gasteiger partial charge in [-0.05, 0) is 0 Å². The van der Waals surface area contributed by atoms with Crippen molar-refractivity contribution in [1.82, 2.24) is 0 Å². The van der Waals surface area contributed by atoms with Gasteiger partial charge in [-0.25, -0.2) is 4.79 Å². The summed E-state index contributed by atoms with van der Waals surface area (Å²) in [6.45, 7) is 0.508. The summed E-state index contributed by atoms with van der Waals surface area (Å²) >= 11 is 5.96. The molecule has 0 unspecified atom stereocenters. The summed E-state index contributed by atoms with van der Waals surface area (Å²) in [5, 5.41) is 9.18. The van der Waals surface area contributed by atoms with Crippen LogP contribution < -0.4 is 9.47 Å². The van der Waals surface area contributed by atoms with Crippen LogP contribution in [0.3, 0.4) is 0 Å². The zero-order chi connectivity index (χ0) is 11.0. The van der Waals surface area contributed by atoms with Gasteiger partial charge < -0.3 is 14.6 Å². The number of aromatic carboxylic acids is 1. The number of ether oxygens (including phenoxy) is 2. The van der Waals surface area contributed by atoms with E-state index in [0.29, 0.717) is 30.1 Å². The quantitative estimate of drug-likeness (QED) is 0.841. The lowest BCUT2D eigenvalue weighted by atomic mass is 10.1. The van der Waals surface area contributed by atoms with Crippen LogP contribution in [0.25, 0.3) is 0 Å². The summed E-state index contributed by atoms with van der Waals surface area (Å²) in [6, 6.07) is 1.38. The molecule has 0 bridgehead atoms. The van der Waals surface area contributed by atoms with E-state index in [1.54, 1.807) is 0 Å². The normalized spacial score (nSPS) is 13.2. The SMILES string of the molecule is COc1cc(C(=O)O)c(Cl)c2c1OCC2. The van der Waals surface area contributed by atoms with E-state index >= 15 is 0 Å². The average molecular weight is 229 g/mol. The predicted octanol–water partition coefficient (Wildman–Crippen LogP) is 1.98. The molecular weight excluding hydrogens is 220 g/mol. The lowest BCUT2D eigenvalue weighted by Gasteiger charge is -2.09. The Balaban J connectivity index is 2.66. The van der Waals surface area contributed by atoms with Gasteiger partial charge in [-0.2, -0.15) is 0 Å². The first-order chi connectivity index (χ1) is 7.15. The molecule has 1 aliphatic rings. The monoisotopic (exact) mass is 228 g/mol. The smallest absolute Gasteiger partial charge is 0.337 e. The molecule has 0 amide bonds. The van der Waals surface area contributed by atoms with E-state index in [1.807, 2.05) is 0 Å². The van der Waals surface area contributed by atoms with E-state index in [1.165, 1.54) is 13.2 Å². The van der Waals surface area contributed by atoms with Crippen molar-refractivity contribution in [2.75, 3.05) is 13.7 Å². The van der Waals surface area contributed by atoms with E-state index in [9.17, 15) is 4.79 Å². The van der Waals surface area contributed by atoms with Crippen molar-refractivity contribution in [3.05, 3.63) is 22.2 Å². The number of carbonyl (C=O) groups is 1. The third kappa shape index (κ3) is 1.51. The molecule has 0 aromatic heterocycles. The van der Waals surface area contributed by atoms with Crippen LogP contribution in [0.5, 0.6) is 11.5 Å². The highest BCUT2D eigenvalue weighted by Gasteiger charge is 2.25. The summed E-state index contributed by atoms with van der Waals surface area (Å²) < 4.78 is 10.4. The molecule has 1 aliphatic heterocycles. The highest BCUT2D eigenvalue weighted by atomic mass is 35.5. The molecule has 0 aliphatic carbocycles. The molecule has 1 aromatic rings. The van der Waals surface area contributed by atoms with Crippen molar-refractivity contribution in [1.29, 1.82) is 0 Å². The van der Waals surface area contributed by atoms with Crippen molar-refractivity contribution in [3.63, 3.8) is 0 Å². The standard InChI is InChI=1S/C10H9ClO4/c1-14-7-4-6(10(12)13)8(11)5-2-3-15-9(5)7/h4H,2-3H2,1H3,(H,12,13). The van der Waals surface area contributed by atoms with Crippen molar-refractivity contribution in [2.24, 2.45) is 0 Å². The molecule has 1 aromatic carbocycles. The third-order valence-electron chi connectivity index (χ3n) is 2.32. The Kier molecular flexibility index (Phi) is 2.44. The third-order valence-corrected chi connectivity index (χ3v) is 2.76. The Morgan fingerprint density at radius 2 is 2.40 bits per heavy atom. The Bertz CT molecular complexity index is 428. The lowest BCUT2D eigenvalue weighted by molar-refractivity contribution is 0.0696. The molecule has 2 rings (SSSR count). The Morgan fingerprint density at radius 1 is 1.67 bits per heavy atom. The molecule has 0 spiro atoms. The van der Waals surface area contributed by atoms with Gasteiger partial charge in [0.2, 0.25) is 0 Å². The Hall–Kier alpha value is -1.42. The van der Waals surface area contributed by atoms with E-state index in [-0.39, 0.29) is 10.6 Å². The molecule has 80 valence electrons. The van der Waals surface area contributed by atoms with Gasteiger partial charge in [0.25, 0.3) is 0 Å². The van der Waals surface area contributed by atoms with Crippen LogP contribution in [-0.2, 0) is 6.42 Å². The molecule has 1 N–H and O–H groups in total. The zero-order valence-corrected chi connectivity index (χ0v) is 8.80. The number of fused-ring (bicyclic) bond motifs is 1. The molecule has 0 saturated carbocycles. The minimum atomic E-state index is -1.06. The first kappa shape index (κ1) is 10.1. The number of carboxylic acid groups (broad SMARTS) is 1. The van der Waals surface area contributed by atoms with Gasteiger partial charge >= 0.3 is 5.97 Å². The maximum Gasteiger partial charge on any atom is 0.337 e. The van der Waals surface area contributed by atoms with Crippen LogP contribution in [0.4, 0.5) is 0 Å². The molecule has 5 heteroatoms. The molecule has 0 radical (unpaired) electrons. The van der Waals surface area contributed by atoms with Gasteiger partial charge in [-0.15, -0.1) is 0 Å². The van der Waals surface area contributed by atoms with Gasteiger partial charge in [0.05, 0.1) is 24.3 Å². The van der Waals surface area contributed by atoms with E-state index in [0.717, 1.165) is 0 Å². The van der Waals surface area contributed by atoms with E-state index in [2.05, 4.69) is 0 Å². The van der Waals surface area contributed by atoms with Gasteiger partial charge in [0.1, 0.15) is 0 Å². The van der Waals surface area contributed by atoms with Gasteiger partial charge in [-0.1, -0.05) is 11.6 Å². The molecular formula is C10H9ClO4. The first-order valence-corrected chi connectivity index (χ1v) is 4.78. The second-order valence-corrected chi connectivity index (χ2v) is 3.53. The van der Waals surface area contributed by atoms with Crippen molar-refractivity contribution >= 4 is 17.6 Å². The molecule has 0 fully saturated rings. The molecule has 0 saturated heterocycles. The van der Waals surface area contributed by atoms with E-state index in [4.69, 9.17) is 26.2 Å². The highest BCUT2D eigenvalue weighted by Crippen LogP contribution is 2.41. The summed E-state index contributed by atoms with van der Waals surface area (Å²) in [5.41, 5.74) is 0.770. The van der Waals surface area contributed by atoms with Crippen LogP contribution in [0, 0.1) is 0 Å². The van der Waals surface area contributed by atoms with Gasteiger partial charge in [0.15, 0.2) is 11.5 Å². The van der Waals surface area contributed by atoms with Crippen LogP contribution in [0.2, 0.25) is 5.02 Å². The number of halogens is 1. The Labute approximate surface area is 91.4 Å². The Morgan fingerprint density at radius 3 is 3.00 bits per heavy atom. The topological polar surface area (TPSA) is 55.8 Å². The summed E-state index contributed by atoms with van der Waals surface area (Å²) in [7, 11) is 1.47. The van der Waals surface area contributed by atoms with Crippen LogP contribution in [0.1, 0.15) is 15.9 Å². The number of methoxy groups -OCH3 is 1. The van der Waals surface area contributed by atoms with Crippen molar-refractivity contribution in [3.8, 4) is 11.5 Å². The van der Waals surface area contributed by atoms with Crippen molar-refractivity contribution < 1.29 is 19.4 Å². The van der Waals surface area contributed by atoms with E-state index < -0.39 is 5.97 Å². The number of rotatable bonds is 2. The van der Waals surface area contributed by atoms with Crippen molar-refractivity contribution in [2.45, 2.75) is 6.42 Å². The van der Waals surface area contributed by atoms with Crippen LogP contribution in [0.15, 0.2) is 6.07 Å². The second kappa shape index (κ2) is 3.62. The minimum absolute atomic E-state index is 0.0535. The number of carboxylic acids is 1. The molecule has 0 atom stereocenters. The average Bonchev–Trinajstić information content (AvgIpc) is 2.67. The molecule has 1 heterocycles. The highest BCUT2D eigenvalue weighted by molar-refractivity contribution is 6.34. The largest absolute Gasteiger partial charge is 0.493 e. The number of hydrogen-bond acceptors (Lipinski definition) is 3. The van der Waals surface area contributed by atoms with Gasteiger partial charge in [-0.3, -0.25) is 0 Å². The zero-order valence-electron chi connectivity index (χ0n) is 8.04. The number of hydrogen-bond donors (Lipinski definition) is 1. The summed E-state index contributed by atoms with van der Waals surface area (Å²) in [4.78, 5) is 10.9. The fourth-order valence-electron chi connectivity index (χ4n) is 1.61. The second-order valence-electron chi connectivity index (χ2n) is 3.15. The summed E-state index contributed by atoms with van der Waals surface area (Å²) in [6.07, 6.45) is 0.617. The van der Waals surface area contributed by atoms with Gasteiger partial charge in [0, 0.05) is 18.1 Å². The first-order valence-electron chi connectivity index (χ1n) is 4.40. The fourth-order valence-corrected chi connectivity index (χ4v) is 1.93. The maximum atomic E-state index is 10.9. The number of benzene rings is 1. The molecule has 4 nitrogen and oxygen atoms in total. The fraction of sp³-hybridized carbons (Fsp3) is 0.300. The van der Waals surface area contributed by atoms with Crippen LogP contribution in [-0.4, -0.2) is 24.8 Å². The molecule has 15 heavy (non-hydrogen) atoms. The van der Waals surface area contributed by atoms with Crippen LogP contribution >= 0.6 is 11.6 Å².